The van der Waals surface area contributed by atoms with Crippen molar-refractivity contribution in [1.29, 1.82) is 0 Å². The van der Waals surface area contributed by atoms with Gasteiger partial charge in [0, 0.05) is 5.38 Å². The van der Waals surface area contributed by atoms with Gasteiger partial charge < -0.3 is 10.8 Å². The fourth-order valence-corrected chi connectivity index (χ4v) is 2.37. The van der Waals surface area contributed by atoms with Crippen LogP contribution in [0.4, 0.5) is 5.13 Å². The summed E-state index contributed by atoms with van der Waals surface area (Å²) in [6, 6.07) is 0. The molecule has 0 radical (unpaired) electrons. The molecule has 0 spiro atoms. The lowest BCUT2D eigenvalue weighted by Gasteiger charge is -2.18. The van der Waals surface area contributed by atoms with Crippen LogP contribution in [0.3, 0.4) is 0 Å². The van der Waals surface area contributed by atoms with Crippen LogP contribution in [0.25, 0.3) is 0 Å². The number of aliphatic hydroxyl groups is 1. The van der Waals surface area contributed by atoms with Crippen molar-refractivity contribution in [1.82, 2.24) is 4.98 Å². The largest absolute Gasteiger partial charge is 0.384 e. The zero-order valence-electron chi connectivity index (χ0n) is 6.79. The van der Waals surface area contributed by atoms with Gasteiger partial charge in [0.05, 0.1) is 5.69 Å². The van der Waals surface area contributed by atoms with Crippen LogP contribution >= 0.6 is 11.3 Å². The van der Waals surface area contributed by atoms with Crippen molar-refractivity contribution in [3.8, 4) is 0 Å². The number of rotatable bonds is 1. The van der Waals surface area contributed by atoms with Crippen molar-refractivity contribution < 1.29 is 5.11 Å². The Morgan fingerprint density at radius 3 is 2.67 bits per heavy atom. The molecule has 66 valence electrons. The minimum Gasteiger partial charge on any atom is -0.384 e. The van der Waals surface area contributed by atoms with E-state index in [1.54, 1.807) is 0 Å². The predicted octanol–water partition coefficient (Wildman–Crippen LogP) is 1.49. The molecule has 0 amide bonds. The maximum absolute atomic E-state index is 10.1. The molecule has 1 fully saturated rings. The van der Waals surface area contributed by atoms with Crippen molar-refractivity contribution in [2.24, 2.45) is 0 Å². The summed E-state index contributed by atoms with van der Waals surface area (Å²) >= 11 is 1.40. The number of hydrogen-bond donors (Lipinski definition) is 2. The Kier molecular flexibility index (Phi) is 1.81. The molecule has 1 aromatic heterocycles. The van der Waals surface area contributed by atoms with E-state index in [0.717, 1.165) is 31.4 Å². The summed E-state index contributed by atoms with van der Waals surface area (Å²) < 4.78 is 0. The number of hydrogen-bond acceptors (Lipinski definition) is 4. The lowest BCUT2D eigenvalue weighted by molar-refractivity contribution is 0.0407. The SMILES string of the molecule is Nc1nc(C2(O)CCCC2)cs1. The summed E-state index contributed by atoms with van der Waals surface area (Å²) in [5.41, 5.74) is 5.60. The second-order valence-electron chi connectivity index (χ2n) is 3.31. The lowest BCUT2D eigenvalue weighted by atomic mass is 9.99. The van der Waals surface area contributed by atoms with Gasteiger partial charge in [-0.15, -0.1) is 11.3 Å². The van der Waals surface area contributed by atoms with Crippen LogP contribution in [-0.4, -0.2) is 10.1 Å². The van der Waals surface area contributed by atoms with E-state index in [2.05, 4.69) is 4.98 Å². The molecule has 0 bridgehead atoms. The number of anilines is 1. The van der Waals surface area contributed by atoms with Crippen LogP contribution in [0.1, 0.15) is 31.4 Å². The molecule has 0 atom stereocenters. The van der Waals surface area contributed by atoms with Gasteiger partial charge in [0.1, 0.15) is 5.60 Å². The summed E-state index contributed by atoms with van der Waals surface area (Å²) in [7, 11) is 0. The van der Waals surface area contributed by atoms with E-state index in [0.29, 0.717) is 5.13 Å². The third-order valence-corrected chi connectivity index (χ3v) is 3.10. The number of nitrogen functional groups attached to an aromatic ring is 1. The fourth-order valence-electron chi connectivity index (χ4n) is 1.72. The minimum atomic E-state index is -0.672. The molecule has 0 aromatic carbocycles. The highest BCUT2D eigenvalue weighted by Crippen LogP contribution is 2.38. The molecule has 0 saturated heterocycles. The summed E-state index contributed by atoms with van der Waals surface area (Å²) in [5.74, 6) is 0. The number of aromatic nitrogens is 1. The highest BCUT2D eigenvalue weighted by atomic mass is 32.1. The van der Waals surface area contributed by atoms with Crippen LogP contribution in [-0.2, 0) is 5.60 Å². The van der Waals surface area contributed by atoms with Crippen molar-refractivity contribution in [3.05, 3.63) is 11.1 Å². The normalized spacial score (nSPS) is 21.4. The third kappa shape index (κ3) is 1.21. The van der Waals surface area contributed by atoms with E-state index in [1.165, 1.54) is 11.3 Å². The Labute approximate surface area is 75.2 Å². The minimum absolute atomic E-state index is 0.547. The van der Waals surface area contributed by atoms with E-state index < -0.39 is 5.60 Å². The molecule has 3 N–H and O–H groups in total. The standard InChI is InChI=1S/C8H12N2OS/c9-7-10-6(5-12-7)8(11)3-1-2-4-8/h5,11H,1-4H2,(H2,9,10). The van der Waals surface area contributed by atoms with Gasteiger partial charge in [0.15, 0.2) is 5.13 Å². The van der Waals surface area contributed by atoms with Crippen LogP contribution in [0.2, 0.25) is 0 Å². The quantitative estimate of drug-likeness (QED) is 0.695. The van der Waals surface area contributed by atoms with Gasteiger partial charge in [0.2, 0.25) is 0 Å². The maximum atomic E-state index is 10.1. The molecule has 4 heteroatoms. The Morgan fingerprint density at radius 2 is 2.17 bits per heavy atom. The Bertz CT molecular complexity index is 278. The smallest absolute Gasteiger partial charge is 0.180 e. The van der Waals surface area contributed by atoms with Gasteiger partial charge in [-0.05, 0) is 12.8 Å². The third-order valence-electron chi connectivity index (χ3n) is 2.43. The van der Waals surface area contributed by atoms with Crippen LogP contribution in [0.5, 0.6) is 0 Å². The van der Waals surface area contributed by atoms with E-state index in [9.17, 15) is 5.11 Å². The van der Waals surface area contributed by atoms with Gasteiger partial charge in [-0.1, -0.05) is 12.8 Å². The van der Waals surface area contributed by atoms with Crippen molar-refractivity contribution in [3.63, 3.8) is 0 Å². The number of nitrogens with two attached hydrogens (primary N) is 1. The first kappa shape index (κ1) is 8.01. The molecule has 1 saturated carbocycles. The van der Waals surface area contributed by atoms with Crippen molar-refractivity contribution in [2.45, 2.75) is 31.3 Å². The molecular formula is C8H12N2OS. The highest BCUT2D eigenvalue weighted by molar-refractivity contribution is 7.13. The van der Waals surface area contributed by atoms with Crippen LogP contribution < -0.4 is 5.73 Å². The molecule has 1 aromatic rings. The highest BCUT2D eigenvalue weighted by Gasteiger charge is 2.34. The second kappa shape index (κ2) is 2.71. The molecule has 12 heavy (non-hydrogen) atoms. The van der Waals surface area contributed by atoms with Crippen molar-refractivity contribution >= 4 is 16.5 Å². The number of nitrogens with zero attached hydrogens (tertiary/aromatic N) is 1. The maximum Gasteiger partial charge on any atom is 0.180 e. The number of thiazole rings is 1. The molecule has 3 nitrogen and oxygen atoms in total. The Hall–Kier alpha value is -0.610. The van der Waals surface area contributed by atoms with Gasteiger partial charge in [-0.2, -0.15) is 0 Å². The van der Waals surface area contributed by atoms with Crippen LogP contribution in [0, 0.1) is 0 Å². The topological polar surface area (TPSA) is 59.1 Å². The van der Waals surface area contributed by atoms with E-state index >= 15 is 0 Å². The van der Waals surface area contributed by atoms with Crippen LogP contribution in [0.15, 0.2) is 5.38 Å². The first-order chi connectivity index (χ1) is 5.71. The summed E-state index contributed by atoms with van der Waals surface area (Å²) in [6.07, 6.45) is 3.84. The summed E-state index contributed by atoms with van der Waals surface area (Å²) in [4.78, 5) is 4.11. The van der Waals surface area contributed by atoms with Gasteiger partial charge in [-0.25, -0.2) is 4.98 Å². The molecule has 2 rings (SSSR count). The first-order valence-corrected chi connectivity index (χ1v) is 5.02. The summed E-state index contributed by atoms with van der Waals surface area (Å²) in [5, 5.41) is 12.5. The van der Waals surface area contributed by atoms with E-state index in [1.807, 2.05) is 5.38 Å². The van der Waals surface area contributed by atoms with Crippen molar-refractivity contribution in [2.75, 3.05) is 5.73 Å². The molecule has 1 heterocycles. The summed E-state index contributed by atoms with van der Waals surface area (Å²) in [6.45, 7) is 0. The average Bonchev–Trinajstić information content (AvgIpc) is 2.59. The van der Waals surface area contributed by atoms with Gasteiger partial charge in [0.25, 0.3) is 0 Å². The molecule has 0 aliphatic heterocycles. The Balaban J connectivity index is 2.28. The molecular weight excluding hydrogens is 172 g/mol. The lowest BCUT2D eigenvalue weighted by Crippen LogP contribution is -2.21. The monoisotopic (exact) mass is 184 g/mol. The molecule has 0 unspecified atom stereocenters. The second-order valence-corrected chi connectivity index (χ2v) is 4.20. The zero-order valence-corrected chi connectivity index (χ0v) is 7.60. The fraction of sp³-hybridized carbons (Fsp3) is 0.625. The first-order valence-electron chi connectivity index (χ1n) is 4.15. The predicted molar refractivity (Wildman–Crippen MR) is 48.9 cm³/mol. The van der Waals surface area contributed by atoms with Gasteiger partial charge >= 0.3 is 0 Å². The zero-order chi connectivity index (χ0) is 8.60. The molecule has 1 aliphatic rings. The van der Waals surface area contributed by atoms with E-state index in [-0.39, 0.29) is 0 Å². The van der Waals surface area contributed by atoms with E-state index in [4.69, 9.17) is 5.73 Å². The Morgan fingerprint density at radius 1 is 1.50 bits per heavy atom. The molecule has 1 aliphatic carbocycles. The average molecular weight is 184 g/mol. The van der Waals surface area contributed by atoms with Gasteiger partial charge in [-0.3, -0.25) is 0 Å².